The van der Waals surface area contributed by atoms with Gasteiger partial charge in [0, 0.05) is 13.1 Å². The summed E-state index contributed by atoms with van der Waals surface area (Å²) in [5, 5.41) is 9.86. The molecule has 1 aliphatic heterocycles. The van der Waals surface area contributed by atoms with Crippen molar-refractivity contribution in [3.63, 3.8) is 0 Å². The number of anilines is 2. The van der Waals surface area contributed by atoms with Crippen molar-refractivity contribution in [3.05, 3.63) is 17.7 Å². The minimum absolute atomic E-state index is 0.0350. The summed E-state index contributed by atoms with van der Waals surface area (Å²) in [6.07, 6.45) is -3.49. The summed E-state index contributed by atoms with van der Waals surface area (Å²) in [6, 6.07) is 1.87. The van der Waals surface area contributed by atoms with E-state index in [0.717, 1.165) is 12.1 Å². The van der Waals surface area contributed by atoms with E-state index in [-0.39, 0.29) is 11.6 Å². The molecule has 0 unspecified atom stereocenters. The van der Waals surface area contributed by atoms with Gasteiger partial charge in [0.1, 0.15) is 11.6 Å². The van der Waals surface area contributed by atoms with Crippen LogP contribution in [0.25, 0.3) is 0 Å². The van der Waals surface area contributed by atoms with Crippen LogP contribution < -0.4 is 16.2 Å². The lowest BCUT2D eigenvalue weighted by molar-refractivity contribution is -0.137. The monoisotopic (exact) mass is 290 g/mol. The standard InChI is InChI=1S/C12H17F3N4O/c1-11(20)2-4-19(5-3-11)10-7-8(12(13,14)15)6-9(17-10)18-16/h6-7,20H,2-5,16H2,1H3,(H,17,18). The van der Waals surface area contributed by atoms with E-state index < -0.39 is 17.3 Å². The zero-order valence-corrected chi connectivity index (χ0v) is 11.0. The van der Waals surface area contributed by atoms with Crippen molar-refractivity contribution in [2.75, 3.05) is 23.4 Å². The number of rotatable bonds is 2. The lowest BCUT2D eigenvalue weighted by Gasteiger charge is -2.36. The molecule has 5 nitrogen and oxygen atoms in total. The number of hydrogen-bond acceptors (Lipinski definition) is 5. The molecule has 0 saturated carbocycles. The quantitative estimate of drug-likeness (QED) is 0.571. The Hall–Kier alpha value is -1.54. The predicted molar refractivity (Wildman–Crippen MR) is 69.1 cm³/mol. The van der Waals surface area contributed by atoms with Crippen LogP contribution in [0.3, 0.4) is 0 Å². The Kier molecular flexibility index (Phi) is 3.79. The van der Waals surface area contributed by atoms with Crippen molar-refractivity contribution in [1.82, 2.24) is 4.98 Å². The smallest absolute Gasteiger partial charge is 0.390 e. The molecule has 1 aromatic rings. The molecule has 112 valence electrons. The molecule has 1 saturated heterocycles. The lowest BCUT2D eigenvalue weighted by Crippen LogP contribution is -2.42. The van der Waals surface area contributed by atoms with E-state index in [4.69, 9.17) is 5.84 Å². The van der Waals surface area contributed by atoms with Gasteiger partial charge in [-0.3, -0.25) is 0 Å². The first kappa shape index (κ1) is 14.9. The highest BCUT2D eigenvalue weighted by Crippen LogP contribution is 2.34. The van der Waals surface area contributed by atoms with Gasteiger partial charge < -0.3 is 15.4 Å². The van der Waals surface area contributed by atoms with Gasteiger partial charge in [-0.1, -0.05) is 0 Å². The number of nitrogen functional groups attached to an aromatic ring is 1. The Balaban J connectivity index is 2.28. The molecule has 0 spiro atoms. The highest BCUT2D eigenvalue weighted by molar-refractivity contribution is 5.51. The van der Waals surface area contributed by atoms with Crippen LogP contribution in [0.15, 0.2) is 12.1 Å². The highest BCUT2D eigenvalue weighted by atomic mass is 19.4. The van der Waals surface area contributed by atoms with Crippen LogP contribution in [0.2, 0.25) is 0 Å². The highest BCUT2D eigenvalue weighted by Gasteiger charge is 2.33. The number of aliphatic hydroxyl groups is 1. The van der Waals surface area contributed by atoms with Crippen LogP contribution >= 0.6 is 0 Å². The molecule has 2 heterocycles. The van der Waals surface area contributed by atoms with Gasteiger partial charge in [0.25, 0.3) is 0 Å². The van der Waals surface area contributed by atoms with Gasteiger partial charge in [0.2, 0.25) is 0 Å². The Morgan fingerprint density at radius 3 is 2.45 bits per heavy atom. The second kappa shape index (κ2) is 5.10. The molecule has 1 aliphatic rings. The normalized spacial score (nSPS) is 19.0. The number of alkyl halides is 3. The van der Waals surface area contributed by atoms with Crippen LogP contribution in [0.1, 0.15) is 25.3 Å². The van der Waals surface area contributed by atoms with Crippen molar-refractivity contribution in [3.8, 4) is 0 Å². The fraction of sp³-hybridized carbons (Fsp3) is 0.583. The Morgan fingerprint density at radius 1 is 1.35 bits per heavy atom. The van der Waals surface area contributed by atoms with Crippen molar-refractivity contribution in [1.29, 1.82) is 0 Å². The number of nitrogens with one attached hydrogen (secondary N) is 1. The molecule has 0 aromatic carbocycles. The van der Waals surface area contributed by atoms with Crippen molar-refractivity contribution < 1.29 is 18.3 Å². The number of halogens is 3. The molecule has 0 aliphatic carbocycles. The SMILES string of the molecule is CC1(O)CCN(c2cc(C(F)(F)F)cc(NN)n2)CC1. The largest absolute Gasteiger partial charge is 0.416 e. The molecule has 1 aromatic heterocycles. The fourth-order valence-corrected chi connectivity index (χ4v) is 2.13. The van der Waals surface area contributed by atoms with E-state index in [9.17, 15) is 18.3 Å². The summed E-state index contributed by atoms with van der Waals surface area (Å²) < 4.78 is 38.5. The summed E-state index contributed by atoms with van der Waals surface area (Å²) in [6.45, 7) is 2.62. The maximum atomic E-state index is 12.8. The second-order valence-corrected chi connectivity index (χ2v) is 5.23. The Labute approximate surface area is 114 Å². The number of hydrazine groups is 1. The average molecular weight is 290 g/mol. The van der Waals surface area contributed by atoms with E-state index in [1.807, 2.05) is 0 Å². The number of hydrogen-bond donors (Lipinski definition) is 3. The zero-order valence-electron chi connectivity index (χ0n) is 11.0. The number of nitrogens with two attached hydrogens (primary N) is 1. The Morgan fingerprint density at radius 2 is 1.95 bits per heavy atom. The van der Waals surface area contributed by atoms with Crippen molar-refractivity contribution >= 4 is 11.6 Å². The van der Waals surface area contributed by atoms with E-state index in [1.165, 1.54) is 0 Å². The van der Waals surface area contributed by atoms with Gasteiger partial charge >= 0.3 is 6.18 Å². The molecule has 0 amide bonds. The number of piperidine rings is 1. The fourth-order valence-electron chi connectivity index (χ4n) is 2.13. The summed E-state index contributed by atoms with van der Waals surface area (Å²) in [4.78, 5) is 5.76. The molecular weight excluding hydrogens is 273 g/mol. The first-order valence-corrected chi connectivity index (χ1v) is 6.24. The summed E-state index contributed by atoms with van der Waals surface area (Å²) in [5.74, 6) is 5.34. The van der Waals surface area contributed by atoms with Crippen molar-refractivity contribution in [2.24, 2.45) is 5.84 Å². The third-order valence-electron chi connectivity index (χ3n) is 3.45. The first-order valence-electron chi connectivity index (χ1n) is 6.24. The Bertz CT molecular complexity index is 480. The van der Waals surface area contributed by atoms with Crippen LogP contribution in [0.4, 0.5) is 24.8 Å². The second-order valence-electron chi connectivity index (χ2n) is 5.23. The number of nitrogens with zero attached hydrogens (tertiary/aromatic N) is 2. The third kappa shape index (κ3) is 3.31. The minimum atomic E-state index is -4.45. The van der Waals surface area contributed by atoms with Gasteiger partial charge in [-0.15, -0.1) is 0 Å². The zero-order chi connectivity index (χ0) is 15.0. The van der Waals surface area contributed by atoms with Crippen LogP contribution in [0.5, 0.6) is 0 Å². The van der Waals surface area contributed by atoms with E-state index in [0.29, 0.717) is 25.9 Å². The lowest BCUT2D eigenvalue weighted by atomic mass is 9.94. The maximum Gasteiger partial charge on any atom is 0.416 e. The molecule has 1 fully saturated rings. The first-order chi connectivity index (χ1) is 9.21. The number of pyridine rings is 1. The molecule has 0 atom stereocenters. The van der Waals surface area contributed by atoms with Crippen LogP contribution in [-0.4, -0.2) is 28.8 Å². The van der Waals surface area contributed by atoms with Crippen LogP contribution in [0, 0.1) is 0 Å². The van der Waals surface area contributed by atoms with Gasteiger partial charge in [-0.05, 0) is 31.9 Å². The van der Waals surface area contributed by atoms with Crippen LogP contribution in [-0.2, 0) is 6.18 Å². The maximum absolute atomic E-state index is 12.8. The van der Waals surface area contributed by atoms with E-state index in [2.05, 4.69) is 10.4 Å². The molecule has 0 bridgehead atoms. The van der Waals surface area contributed by atoms with Gasteiger partial charge in [-0.2, -0.15) is 13.2 Å². The summed E-state index contributed by atoms with van der Waals surface area (Å²) in [5.41, 5.74) is 0.579. The van der Waals surface area contributed by atoms with E-state index in [1.54, 1.807) is 11.8 Å². The van der Waals surface area contributed by atoms with Gasteiger partial charge in [-0.25, -0.2) is 10.8 Å². The predicted octanol–water partition coefficient (Wildman–Crippen LogP) is 1.74. The molecular formula is C12H17F3N4O. The van der Waals surface area contributed by atoms with Crippen molar-refractivity contribution in [2.45, 2.75) is 31.5 Å². The van der Waals surface area contributed by atoms with E-state index >= 15 is 0 Å². The molecule has 4 N–H and O–H groups in total. The summed E-state index contributed by atoms with van der Waals surface area (Å²) in [7, 11) is 0. The topological polar surface area (TPSA) is 74.4 Å². The molecule has 2 rings (SSSR count). The minimum Gasteiger partial charge on any atom is -0.390 e. The third-order valence-corrected chi connectivity index (χ3v) is 3.45. The molecule has 0 radical (unpaired) electrons. The summed E-state index contributed by atoms with van der Waals surface area (Å²) >= 11 is 0. The molecule has 20 heavy (non-hydrogen) atoms. The van der Waals surface area contributed by atoms with Gasteiger partial charge in [0.15, 0.2) is 0 Å². The number of aromatic nitrogens is 1. The van der Waals surface area contributed by atoms with Gasteiger partial charge in [0.05, 0.1) is 11.2 Å². The molecule has 8 heteroatoms. The average Bonchev–Trinajstić information content (AvgIpc) is 2.37.